The molecule has 0 amide bonds. The van der Waals surface area contributed by atoms with Crippen molar-refractivity contribution in [1.29, 1.82) is 0 Å². The summed E-state index contributed by atoms with van der Waals surface area (Å²) in [5, 5.41) is 0. The summed E-state index contributed by atoms with van der Waals surface area (Å²) < 4.78 is 7.06. The molecule has 3 rings (SSSR count). The lowest BCUT2D eigenvalue weighted by atomic mass is 9.99. The maximum Gasteiger partial charge on any atom is 0.366 e. The molecule has 3 heteroatoms. The van der Waals surface area contributed by atoms with Crippen molar-refractivity contribution in [3.05, 3.63) is 71.1 Å². The summed E-state index contributed by atoms with van der Waals surface area (Å²) in [6.45, 7) is 3.69. The molecule has 0 saturated carbocycles. The van der Waals surface area contributed by atoms with E-state index < -0.39 is 11.2 Å². The van der Waals surface area contributed by atoms with E-state index in [4.69, 9.17) is 10.9 Å². The highest BCUT2D eigenvalue weighted by molar-refractivity contribution is 5.80. The summed E-state index contributed by atoms with van der Waals surface area (Å²) in [7, 11) is 0. The Labute approximate surface area is 135 Å². The molecule has 0 unspecified atom stereocenters. The van der Waals surface area contributed by atoms with Gasteiger partial charge in [0.2, 0.25) is 0 Å². The Morgan fingerprint density at radius 2 is 1.48 bits per heavy atom. The Hall–Kier alpha value is -2.99. The molecular weight excluding hydrogens is 286 g/mol. The average molecular weight is 303 g/mol. The van der Waals surface area contributed by atoms with Crippen molar-refractivity contribution in [2.45, 2.75) is 19.4 Å². The van der Waals surface area contributed by atoms with Crippen LogP contribution in [-0.2, 0) is 5.54 Å². The van der Waals surface area contributed by atoms with Crippen LogP contribution in [0, 0.1) is 12.3 Å². The van der Waals surface area contributed by atoms with Crippen LogP contribution in [0.3, 0.4) is 0 Å². The molecule has 0 saturated heterocycles. The second-order valence-corrected chi connectivity index (χ2v) is 5.83. The van der Waals surface area contributed by atoms with Gasteiger partial charge in [-0.15, -0.1) is 6.42 Å². The number of rotatable bonds is 3. The van der Waals surface area contributed by atoms with Crippen LogP contribution >= 0.6 is 0 Å². The van der Waals surface area contributed by atoms with E-state index in [0.29, 0.717) is 11.3 Å². The first kappa shape index (κ1) is 14.9. The second kappa shape index (κ2) is 5.66. The molecule has 3 nitrogen and oxygen atoms in total. The van der Waals surface area contributed by atoms with Crippen molar-refractivity contribution in [3.63, 3.8) is 0 Å². The smallest absolute Gasteiger partial charge is 0.334 e. The van der Waals surface area contributed by atoms with Gasteiger partial charge in [-0.3, -0.25) is 0 Å². The van der Waals surface area contributed by atoms with E-state index >= 15 is 0 Å². The van der Waals surface area contributed by atoms with Gasteiger partial charge in [-0.25, -0.2) is 4.79 Å². The predicted molar refractivity (Wildman–Crippen MR) is 92.0 cm³/mol. The van der Waals surface area contributed by atoms with Crippen molar-refractivity contribution in [1.82, 2.24) is 4.74 Å². The first-order valence-electron chi connectivity index (χ1n) is 7.40. The number of terminal acetylenes is 1. The van der Waals surface area contributed by atoms with Crippen LogP contribution in [0.5, 0.6) is 0 Å². The lowest BCUT2D eigenvalue weighted by molar-refractivity contribution is 0.186. The minimum Gasteiger partial charge on any atom is -0.334 e. The van der Waals surface area contributed by atoms with Gasteiger partial charge >= 0.3 is 5.63 Å². The fourth-order valence-electron chi connectivity index (χ4n) is 2.54. The minimum atomic E-state index is -0.753. The highest BCUT2D eigenvalue weighted by atomic mass is 16.5. The minimum absolute atomic E-state index is 0.390. The lowest BCUT2D eigenvalue weighted by Crippen LogP contribution is -2.24. The Balaban J connectivity index is 2.38. The van der Waals surface area contributed by atoms with Crippen LogP contribution in [-0.4, -0.2) is 4.74 Å². The van der Waals surface area contributed by atoms with Crippen LogP contribution in [0.4, 0.5) is 0 Å². The third kappa shape index (κ3) is 2.60. The van der Waals surface area contributed by atoms with Crippen molar-refractivity contribution in [2.24, 2.45) is 0 Å². The SMILES string of the molecule is C#CC(C)(C)n1oc(=O)c(-c2ccccc2)c1-c1ccccc1. The molecule has 0 atom stereocenters. The molecule has 0 radical (unpaired) electrons. The number of nitrogens with zero attached hydrogens (tertiary/aromatic N) is 1. The standard InChI is InChI=1S/C20H17NO2/c1-4-20(2,3)21-18(16-13-9-6-10-14-16)17(19(22)23-21)15-11-7-5-8-12-15/h1,5-14H,2-3H3. The third-order valence-corrected chi connectivity index (χ3v) is 3.79. The number of hydrogen-bond donors (Lipinski definition) is 0. The fourth-order valence-corrected chi connectivity index (χ4v) is 2.54. The van der Waals surface area contributed by atoms with E-state index in [-0.39, 0.29) is 0 Å². The van der Waals surface area contributed by atoms with Crippen molar-refractivity contribution < 1.29 is 4.52 Å². The Morgan fingerprint density at radius 1 is 0.957 bits per heavy atom. The molecule has 1 aromatic heterocycles. The molecule has 0 fully saturated rings. The lowest BCUT2D eigenvalue weighted by Gasteiger charge is -2.20. The molecule has 3 aromatic rings. The highest BCUT2D eigenvalue weighted by Gasteiger charge is 2.28. The maximum absolute atomic E-state index is 12.5. The third-order valence-electron chi connectivity index (χ3n) is 3.79. The van der Waals surface area contributed by atoms with Gasteiger partial charge in [0.25, 0.3) is 0 Å². The Morgan fingerprint density at radius 3 is 2.00 bits per heavy atom. The zero-order valence-corrected chi connectivity index (χ0v) is 13.1. The monoisotopic (exact) mass is 303 g/mol. The Bertz CT molecular complexity index is 910. The zero-order chi connectivity index (χ0) is 16.4. The quantitative estimate of drug-likeness (QED) is 0.682. The van der Waals surface area contributed by atoms with Gasteiger partial charge in [-0.2, -0.15) is 4.74 Å². The zero-order valence-electron chi connectivity index (χ0n) is 13.1. The summed E-state index contributed by atoms with van der Waals surface area (Å²) >= 11 is 0. The molecule has 0 N–H and O–H groups in total. The van der Waals surface area contributed by atoms with Gasteiger partial charge in [0, 0.05) is 5.56 Å². The number of benzene rings is 2. The molecule has 0 aliphatic heterocycles. The first-order valence-corrected chi connectivity index (χ1v) is 7.40. The Kier molecular flexibility index (Phi) is 3.67. The van der Waals surface area contributed by atoms with Gasteiger partial charge in [0.1, 0.15) is 5.54 Å². The second-order valence-electron chi connectivity index (χ2n) is 5.83. The van der Waals surface area contributed by atoms with E-state index in [0.717, 1.165) is 11.1 Å². The van der Waals surface area contributed by atoms with Crippen molar-refractivity contribution in [2.75, 3.05) is 0 Å². The molecule has 1 heterocycles. The number of aromatic nitrogens is 1. The fraction of sp³-hybridized carbons (Fsp3) is 0.150. The number of hydrogen-bond acceptors (Lipinski definition) is 2. The van der Waals surface area contributed by atoms with Gasteiger partial charge < -0.3 is 4.52 Å². The van der Waals surface area contributed by atoms with Crippen LogP contribution in [0.1, 0.15) is 13.8 Å². The topological polar surface area (TPSA) is 35.1 Å². The maximum atomic E-state index is 12.5. The molecule has 2 aromatic carbocycles. The summed E-state index contributed by atoms with van der Waals surface area (Å²) in [5.74, 6) is 2.69. The molecule has 0 aliphatic rings. The largest absolute Gasteiger partial charge is 0.366 e. The van der Waals surface area contributed by atoms with Crippen LogP contribution in [0.15, 0.2) is 70.0 Å². The predicted octanol–water partition coefficient (Wildman–Crippen LogP) is 4.14. The van der Waals surface area contributed by atoms with Crippen LogP contribution < -0.4 is 5.63 Å². The molecule has 0 aliphatic carbocycles. The average Bonchev–Trinajstić information content (AvgIpc) is 2.94. The van der Waals surface area contributed by atoms with E-state index in [2.05, 4.69) is 5.92 Å². The molecule has 23 heavy (non-hydrogen) atoms. The van der Waals surface area contributed by atoms with Gasteiger partial charge in [0.15, 0.2) is 0 Å². The van der Waals surface area contributed by atoms with Gasteiger partial charge in [-0.05, 0) is 19.4 Å². The normalized spacial score (nSPS) is 11.2. The van der Waals surface area contributed by atoms with E-state index in [1.807, 2.05) is 74.5 Å². The van der Waals surface area contributed by atoms with E-state index in [1.165, 1.54) is 4.74 Å². The highest BCUT2D eigenvalue weighted by Crippen LogP contribution is 2.33. The molecular formula is C20H17NO2. The first-order chi connectivity index (χ1) is 11.0. The molecule has 0 bridgehead atoms. The van der Waals surface area contributed by atoms with E-state index in [9.17, 15) is 4.79 Å². The van der Waals surface area contributed by atoms with Crippen LogP contribution in [0.2, 0.25) is 0 Å². The van der Waals surface area contributed by atoms with Gasteiger partial charge in [-0.1, -0.05) is 66.6 Å². The van der Waals surface area contributed by atoms with Crippen molar-refractivity contribution in [3.8, 4) is 34.7 Å². The summed E-state index contributed by atoms with van der Waals surface area (Å²) in [6.07, 6.45) is 5.65. The van der Waals surface area contributed by atoms with E-state index in [1.54, 1.807) is 0 Å². The molecule has 114 valence electrons. The van der Waals surface area contributed by atoms with Crippen molar-refractivity contribution >= 4 is 0 Å². The summed E-state index contributed by atoms with van der Waals surface area (Å²) in [5.41, 5.74) is 1.78. The van der Waals surface area contributed by atoms with Crippen LogP contribution in [0.25, 0.3) is 22.4 Å². The summed E-state index contributed by atoms with van der Waals surface area (Å²) in [4.78, 5) is 12.5. The summed E-state index contributed by atoms with van der Waals surface area (Å²) in [6, 6.07) is 19.2. The van der Waals surface area contributed by atoms with Gasteiger partial charge in [0.05, 0.1) is 11.3 Å². The molecule has 0 spiro atoms.